The van der Waals surface area contributed by atoms with Gasteiger partial charge in [-0.15, -0.1) is 0 Å². The van der Waals surface area contributed by atoms with E-state index >= 15 is 0 Å². The summed E-state index contributed by atoms with van der Waals surface area (Å²) in [5.41, 5.74) is 0.374. The fraction of sp³-hybridized carbons (Fsp3) is 0.385. The Hall–Kier alpha value is -1.69. The van der Waals surface area contributed by atoms with Gasteiger partial charge in [-0.2, -0.15) is 0 Å². The summed E-state index contributed by atoms with van der Waals surface area (Å²) in [6.07, 6.45) is 0. The maximum absolute atomic E-state index is 13.4. The first-order chi connectivity index (χ1) is 9.40. The van der Waals surface area contributed by atoms with Crippen LogP contribution in [0, 0.1) is 11.6 Å². The van der Waals surface area contributed by atoms with Gasteiger partial charge in [0.15, 0.2) is 0 Å². The highest BCUT2D eigenvalue weighted by Gasteiger charge is 2.24. The van der Waals surface area contributed by atoms with Gasteiger partial charge in [-0.3, -0.25) is 9.59 Å². The van der Waals surface area contributed by atoms with Crippen molar-refractivity contribution in [2.24, 2.45) is 0 Å². The third kappa shape index (κ3) is 2.90. The maximum atomic E-state index is 13.4. The molecular weight excluding hydrogens is 290 g/mol. The molecule has 0 radical (unpaired) electrons. The zero-order chi connectivity index (χ0) is 14.9. The molecule has 0 aliphatic carbocycles. The van der Waals surface area contributed by atoms with Gasteiger partial charge in [0.05, 0.1) is 0 Å². The van der Waals surface area contributed by atoms with Gasteiger partial charge in [-0.1, -0.05) is 11.6 Å². The topological polar surface area (TPSA) is 40.6 Å². The van der Waals surface area contributed by atoms with Crippen LogP contribution in [0.15, 0.2) is 12.1 Å². The second-order valence-corrected chi connectivity index (χ2v) is 4.94. The van der Waals surface area contributed by atoms with Crippen LogP contribution in [0.2, 0.25) is 5.02 Å². The van der Waals surface area contributed by atoms with Crippen molar-refractivity contribution in [3.63, 3.8) is 0 Å². The Morgan fingerprint density at radius 3 is 2.05 bits per heavy atom. The largest absolute Gasteiger partial charge is 0.368 e. The van der Waals surface area contributed by atoms with E-state index in [0.29, 0.717) is 31.9 Å². The monoisotopic (exact) mass is 302 g/mol. The van der Waals surface area contributed by atoms with E-state index in [1.54, 1.807) is 4.90 Å². The Bertz CT molecular complexity index is 534. The molecule has 4 nitrogen and oxygen atoms in total. The van der Waals surface area contributed by atoms with E-state index in [1.165, 1.54) is 11.8 Å². The number of halogens is 3. The van der Waals surface area contributed by atoms with Crippen molar-refractivity contribution < 1.29 is 18.4 Å². The molecule has 0 bridgehead atoms. The fourth-order valence-corrected chi connectivity index (χ4v) is 2.22. The zero-order valence-electron chi connectivity index (χ0n) is 10.8. The number of amides is 1. The molecule has 7 heteroatoms. The molecule has 0 saturated carbocycles. The Morgan fingerprint density at radius 1 is 1.10 bits per heavy atom. The van der Waals surface area contributed by atoms with E-state index < -0.39 is 28.3 Å². The summed E-state index contributed by atoms with van der Waals surface area (Å²) in [4.78, 5) is 25.7. The van der Waals surface area contributed by atoms with Crippen LogP contribution in [0.3, 0.4) is 0 Å². The standard InChI is InChI=1S/C13H13ClF2N2O2/c1-8(19)13(20)18-4-2-17(3-5-18)9-6-10(15)12(14)11(16)7-9/h6-7H,2-5H2,1H3. The second-order valence-electron chi connectivity index (χ2n) is 4.56. The number of piperazine rings is 1. The highest BCUT2D eigenvalue weighted by Crippen LogP contribution is 2.26. The zero-order valence-corrected chi connectivity index (χ0v) is 11.6. The first kappa shape index (κ1) is 14.7. The second kappa shape index (κ2) is 5.75. The Morgan fingerprint density at radius 2 is 1.60 bits per heavy atom. The van der Waals surface area contributed by atoms with Crippen LogP contribution in [0.1, 0.15) is 6.92 Å². The van der Waals surface area contributed by atoms with Gasteiger partial charge in [0.2, 0.25) is 5.78 Å². The molecule has 1 saturated heterocycles. The lowest BCUT2D eigenvalue weighted by Crippen LogP contribution is -2.50. The first-order valence-corrected chi connectivity index (χ1v) is 6.47. The van der Waals surface area contributed by atoms with Crippen LogP contribution in [-0.4, -0.2) is 42.8 Å². The highest BCUT2D eigenvalue weighted by atomic mass is 35.5. The summed E-state index contributed by atoms with van der Waals surface area (Å²) in [5.74, 6) is -2.67. The minimum atomic E-state index is -0.816. The normalized spacial score (nSPS) is 15.4. The molecule has 1 aromatic rings. The number of hydrogen-bond donors (Lipinski definition) is 0. The van der Waals surface area contributed by atoms with E-state index in [4.69, 9.17) is 11.6 Å². The quantitative estimate of drug-likeness (QED) is 0.618. The summed E-state index contributed by atoms with van der Waals surface area (Å²) in [5, 5.41) is -0.529. The number of anilines is 1. The summed E-state index contributed by atoms with van der Waals surface area (Å²) in [6.45, 7) is 2.70. The van der Waals surface area contributed by atoms with Crippen LogP contribution >= 0.6 is 11.6 Å². The average molecular weight is 303 g/mol. The summed E-state index contributed by atoms with van der Waals surface area (Å²) < 4.78 is 26.8. The summed E-state index contributed by atoms with van der Waals surface area (Å²) in [6, 6.07) is 2.32. The lowest BCUT2D eigenvalue weighted by atomic mass is 10.2. The van der Waals surface area contributed by atoms with Crippen LogP contribution in [0.5, 0.6) is 0 Å². The first-order valence-electron chi connectivity index (χ1n) is 6.09. The number of hydrogen-bond acceptors (Lipinski definition) is 3. The van der Waals surface area contributed by atoms with E-state index in [0.717, 1.165) is 12.1 Å². The van der Waals surface area contributed by atoms with E-state index in [9.17, 15) is 18.4 Å². The van der Waals surface area contributed by atoms with Crippen molar-refractivity contribution in [3.05, 3.63) is 28.8 Å². The molecule has 1 aliphatic heterocycles. The minimum absolute atomic E-state index is 0.338. The average Bonchev–Trinajstić information content (AvgIpc) is 2.43. The molecule has 2 rings (SSSR count). The predicted octanol–water partition coefficient (Wildman–Crippen LogP) is 1.86. The van der Waals surface area contributed by atoms with E-state index in [-0.39, 0.29) is 0 Å². The van der Waals surface area contributed by atoms with Crippen molar-refractivity contribution in [2.75, 3.05) is 31.1 Å². The van der Waals surface area contributed by atoms with E-state index in [1.807, 2.05) is 0 Å². The molecule has 1 heterocycles. The van der Waals surface area contributed by atoms with Gasteiger partial charge in [0.25, 0.3) is 5.91 Å². The number of benzene rings is 1. The molecule has 1 fully saturated rings. The maximum Gasteiger partial charge on any atom is 0.289 e. The molecule has 1 aromatic carbocycles. The molecule has 0 aromatic heterocycles. The molecule has 0 spiro atoms. The van der Waals surface area contributed by atoms with Crippen molar-refractivity contribution in [3.8, 4) is 0 Å². The van der Waals surface area contributed by atoms with Gasteiger partial charge in [-0.25, -0.2) is 8.78 Å². The van der Waals surface area contributed by atoms with Gasteiger partial charge < -0.3 is 9.80 Å². The number of nitrogens with zero attached hydrogens (tertiary/aromatic N) is 2. The van der Waals surface area contributed by atoms with Crippen LogP contribution in [0.4, 0.5) is 14.5 Å². The predicted molar refractivity (Wildman–Crippen MR) is 70.8 cm³/mol. The highest BCUT2D eigenvalue weighted by molar-refractivity contribution is 6.35. The van der Waals surface area contributed by atoms with Crippen molar-refractivity contribution >= 4 is 29.0 Å². The number of rotatable bonds is 2. The number of carbonyl (C=O) groups excluding carboxylic acids is 2. The lowest BCUT2D eigenvalue weighted by molar-refractivity contribution is -0.143. The van der Waals surface area contributed by atoms with E-state index in [2.05, 4.69) is 0 Å². The molecule has 0 atom stereocenters. The Labute approximate surface area is 119 Å². The summed E-state index contributed by atoms with van der Waals surface area (Å²) in [7, 11) is 0. The fourth-order valence-electron chi connectivity index (χ4n) is 2.12. The smallest absolute Gasteiger partial charge is 0.289 e. The van der Waals surface area contributed by atoms with Gasteiger partial charge in [0.1, 0.15) is 16.7 Å². The molecule has 1 aliphatic rings. The molecular formula is C13H13ClF2N2O2. The Kier molecular flexibility index (Phi) is 4.23. The van der Waals surface area contributed by atoms with Crippen molar-refractivity contribution in [2.45, 2.75) is 6.92 Å². The minimum Gasteiger partial charge on any atom is -0.368 e. The molecule has 108 valence electrons. The SMILES string of the molecule is CC(=O)C(=O)N1CCN(c2cc(F)c(Cl)c(F)c2)CC1. The number of Topliss-reactive ketones (excluding diaryl/α,β-unsaturated/α-hetero) is 1. The number of carbonyl (C=O) groups is 2. The van der Waals surface area contributed by atoms with Crippen LogP contribution < -0.4 is 4.90 Å². The number of ketones is 1. The lowest BCUT2D eigenvalue weighted by Gasteiger charge is -2.35. The van der Waals surface area contributed by atoms with Crippen LogP contribution in [0.25, 0.3) is 0 Å². The van der Waals surface area contributed by atoms with Gasteiger partial charge in [-0.05, 0) is 12.1 Å². The van der Waals surface area contributed by atoms with Gasteiger partial charge in [0, 0.05) is 38.8 Å². The third-order valence-electron chi connectivity index (χ3n) is 3.20. The Balaban J connectivity index is 2.08. The van der Waals surface area contributed by atoms with Gasteiger partial charge >= 0.3 is 0 Å². The van der Waals surface area contributed by atoms with Crippen molar-refractivity contribution in [1.82, 2.24) is 4.90 Å². The molecule has 1 amide bonds. The third-order valence-corrected chi connectivity index (χ3v) is 3.56. The molecule has 0 N–H and O–H groups in total. The van der Waals surface area contributed by atoms with Crippen molar-refractivity contribution in [1.29, 1.82) is 0 Å². The summed E-state index contributed by atoms with van der Waals surface area (Å²) >= 11 is 5.43. The molecule has 0 unspecified atom stereocenters. The van der Waals surface area contributed by atoms with Crippen LogP contribution in [-0.2, 0) is 9.59 Å². The molecule has 20 heavy (non-hydrogen) atoms.